The van der Waals surface area contributed by atoms with Gasteiger partial charge in [-0.1, -0.05) is 18.2 Å². The Morgan fingerprint density at radius 1 is 1.12 bits per heavy atom. The van der Waals surface area contributed by atoms with Crippen LogP contribution in [0.2, 0.25) is 0 Å². The third-order valence-corrected chi connectivity index (χ3v) is 5.76. The van der Waals surface area contributed by atoms with Gasteiger partial charge in [0.25, 0.3) is 0 Å². The summed E-state index contributed by atoms with van der Waals surface area (Å²) in [5.74, 6) is 0.586. The standard InChI is InChI=1S/C24H24FN7O/c1-30-16-21(14-28-30)32-9-7-23(33)22(29-32)11-17-4-2-5-18(10-17)24-26-12-20(13-27-24)31-8-3-6-19(25)15-31/h2,4-5,7,9-10,12-14,16,19H,3,6,8,11,15H2,1H3. The van der Waals surface area contributed by atoms with Gasteiger partial charge in [-0.3, -0.25) is 9.48 Å². The largest absolute Gasteiger partial charge is 0.366 e. The van der Waals surface area contributed by atoms with E-state index in [1.54, 1.807) is 34.2 Å². The van der Waals surface area contributed by atoms with E-state index in [2.05, 4.69) is 20.2 Å². The van der Waals surface area contributed by atoms with Crippen LogP contribution >= 0.6 is 0 Å². The van der Waals surface area contributed by atoms with E-state index in [4.69, 9.17) is 0 Å². The van der Waals surface area contributed by atoms with Gasteiger partial charge in [0.15, 0.2) is 5.82 Å². The number of hydrogen-bond donors (Lipinski definition) is 0. The molecule has 1 atom stereocenters. The van der Waals surface area contributed by atoms with Crippen LogP contribution in [-0.2, 0) is 13.5 Å². The molecule has 4 heterocycles. The molecule has 0 radical (unpaired) electrons. The monoisotopic (exact) mass is 445 g/mol. The summed E-state index contributed by atoms with van der Waals surface area (Å²) in [6, 6.07) is 9.29. The highest BCUT2D eigenvalue weighted by Gasteiger charge is 2.20. The number of piperidine rings is 1. The minimum absolute atomic E-state index is 0.117. The minimum atomic E-state index is -0.801. The first kappa shape index (κ1) is 21.0. The van der Waals surface area contributed by atoms with Crippen molar-refractivity contribution in [1.29, 1.82) is 0 Å². The van der Waals surface area contributed by atoms with E-state index in [-0.39, 0.29) is 5.43 Å². The van der Waals surface area contributed by atoms with Crippen LogP contribution in [0.15, 0.2) is 66.1 Å². The molecule has 1 saturated heterocycles. The number of benzene rings is 1. The van der Waals surface area contributed by atoms with Gasteiger partial charge < -0.3 is 4.90 Å². The molecule has 8 nitrogen and oxygen atoms in total. The molecule has 1 aliphatic rings. The predicted molar refractivity (Wildman–Crippen MR) is 123 cm³/mol. The van der Waals surface area contributed by atoms with Crippen LogP contribution in [0.5, 0.6) is 0 Å². The zero-order valence-electron chi connectivity index (χ0n) is 18.3. The van der Waals surface area contributed by atoms with E-state index in [1.807, 2.05) is 42.4 Å². The summed E-state index contributed by atoms with van der Waals surface area (Å²) in [4.78, 5) is 23.4. The van der Waals surface area contributed by atoms with Gasteiger partial charge in [-0.15, -0.1) is 0 Å². The van der Waals surface area contributed by atoms with E-state index in [0.717, 1.165) is 35.5 Å². The van der Waals surface area contributed by atoms with Gasteiger partial charge >= 0.3 is 0 Å². The Balaban J connectivity index is 1.36. The van der Waals surface area contributed by atoms with Crippen LogP contribution in [0.3, 0.4) is 0 Å². The number of anilines is 1. The van der Waals surface area contributed by atoms with Crippen molar-refractivity contribution < 1.29 is 4.39 Å². The fourth-order valence-corrected chi connectivity index (χ4v) is 4.05. The normalized spacial score (nSPS) is 16.2. The summed E-state index contributed by atoms with van der Waals surface area (Å²) in [5.41, 5.74) is 3.74. The molecule has 4 aromatic rings. The average Bonchev–Trinajstić information content (AvgIpc) is 3.27. The molecule has 0 saturated carbocycles. The Morgan fingerprint density at radius 3 is 2.73 bits per heavy atom. The molecule has 0 spiro atoms. The second kappa shape index (κ2) is 8.93. The molecular weight excluding hydrogens is 421 g/mol. The average molecular weight is 446 g/mol. The molecule has 0 aliphatic carbocycles. The van der Waals surface area contributed by atoms with Gasteiger partial charge in [-0.25, -0.2) is 19.0 Å². The lowest BCUT2D eigenvalue weighted by atomic mass is 10.1. The van der Waals surface area contributed by atoms with Crippen LogP contribution in [-0.4, -0.2) is 48.8 Å². The van der Waals surface area contributed by atoms with Crippen molar-refractivity contribution in [3.63, 3.8) is 0 Å². The van der Waals surface area contributed by atoms with Crippen molar-refractivity contribution in [2.45, 2.75) is 25.4 Å². The number of rotatable bonds is 5. The summed E-state index contributed by atoms with van der Waals surface area (Å²) in [7, 11) is 1.83. The molecule has 1 unspecified atom stereocenters. The molecule has 9 heteroatoms. The topological polar surface area (TPSA) is 81.7 Å². The molecule has 0 amide bonds. The fourth-order valence-electron chi connectivity index (χ4n) is 4.05. The Hall–Kier alpha value is -3.88. The quantitative estimate of drug-likeness (QED) is 0.470. The maximum Gasteiger partial charge on any atom is 0.203 e. The van der Waals surface area contributed by atoms with E-state index in [9.17, 15) is 9.18 Å². The minimum Gasteiger partial charge on any atom is -0.366 e. The van der Waals surface area contributed by atoms with E-state index >= 15 is 0 Å². The summed E-state index contributed by atoms with van der Waals surface area (Å²) in [6.07, 6.45) is 9.70. The van der Waals surface area contributed by atoms with E-state index < -0.39 is 6.17 Å². The van der Waals surface area contributed by atoms with Crippen molar-refractivity contribution in [3.05, 3.63) is 82.8 Å². The van der Waals surface area contributed by atoms with Crippen LogP contribution in [0.25, 0.3) is 17.1 Å². The van der Waals surface area contributed by atoms with Crippen LogP contribution < -0.4 is 10.3 Å². The summed E-state index contributed by atoms with van der Waals surface area (Å²) in [6.45, 7) is 1.21. The Kier molecular flexibility index (Phi) is 5.68. The van der Waals surface area contributed by atoms with Crippen LogP contribution in [0.4, 0.5) is 10.1 Å². The van der Waals surface area contributed by atoms with Crippen molar-refractivity contribution in [3.8, 4) is 17.1 Å². The van der Waals surface area contributed by atoms with E-state index in [0.29, 0.717) is 30.9 Å². The maximum atomic E-state index is 13.7. The van der Waals surface area contributed by atoms with Gasteiger partial charge in [-0.05, 0) is 24.5 Å². The highest BCUT2D eigenvalue weighted by molar-refractivity contribution is 5.58. The molecule has 5 rings (SSSR count). The lowest BCUT2D eigenvalue weighted by molar-refractivity contribution is 0.286. The Morgan fingerprint density at radius 2 is 1.97 bits per heavy atom. The summed E-state index contributed by atoms with van der Waals surface area (Å²) < 4.78 is 17.1. The number of hydrogen-bond acceptors (Lipinski definition) is 6. The summed E-state index contributed by atoms with van der Waals surface area (Å²) >= 11 is 0. The highest BCUT2D eigenvalue weighted by Crippen LogP contribution is 2.23. The lowest BCUT2D eigenvalue weighted by Crippen LogP contribution is -2.36. The first-order valence-corrected chi connectivity index (χ1v) is 10.9. The number of halogens is 1. The first-order chi connectivity index (χ1) is 16.0. The molecule has 168 valence electrons. The number of aromatic nitrogens is 6. The fraction of sp³-hybridized carbons (Fsp3) is 0.292. The van der Waals surface area contributed by atoms with Crippen LogP contribution in [0.1, 0.15) is 24.1 Å². The third-order valence-electron chi connectivity index (χ3n) is 5.76. The molecular formula is C24H24FN7O. The van der Waals surface area contributed by atoms with Gasteiger partial charge in [0, 0.05) is 44.4 Å². The third kappa shape index (κ3) is 4.67. The molecule has 0 bridgehead atoms. The summed E-state index contributed by atoms with van der Waals surface area (Å²) in [5, 5.41) is 8.66. The maximum absolute atomic E-state index is 13.7. The number of alkyl halides is 1. The van der Waals surface area contributed by atoms with Crippen LogP contribution in [0, 0.1) is 0 Å². The van der Waals surface area contributed by atoms with E-state index in [1.165, 1.54) is 6.07 Å². The molecule has 33 heavy (non-hydrogen) atoms. The molecule has 1 aliphatic heterocycles. The van der Waals surface area contributed by atoms with Crippen molar-refractivity contribution >= 4 is 5.69 Å². The van der Waals surface area contributed by atoms with Crippen molar-refractivity contribution in [2.75, 3.05) is 18.0 Å². The van der Waals surface area contributed by atoms with Crippen molar-refractivity contribution in [2.24, 2.45) is 7.05 Å². The lowest BCUT2D eigenvalue weighted by Gasteiger charge is -2.30. The molecule has 1 fully saturated rings. The van der Waals surface area contributed by atoms with Gasteiger partial charge in [-0.2, -0.15) is 10.2 Å². The Bertz CT molecular complexity index is 1310. The smallest absolute Gasteiger partial charge is 0.203 e. The first-order valence-electron chi connectivity index (χ1n) is 10.9. The van der Waals surface area contributed by atoms with Crippen molar-refractivity contribution in [1.82, 2.24) is 29.5 Å². The molecule has 3 aromatic heterocycles. The van der Waals surface area contributed by atoms with Gasteiger partial charge in [0.2, 0.25) is 5.43 Å². The highest BCUT2D eigenvalue weighted by atomic mass is 19.1. The number of nitrogens with zero attached hydrogens (tertiary/aromatic N) is 7. The second-order valence-electron chi connectivity index (χ2n) is 8.27. The predicted octanol–water partition coefficient (Wildman–Crippen LogP) is 2.95. The molecule has 0 N–H and O–H groups in total. The van der Waals surface area contributed by atoms with Gasteiger partial charge in [0.05, 0.1) is 30.5 Å². The molecule has 1 aromatic carbocycles. The second-order valence-corrected chi connectivity index (χ2v) is 8.27. The zero-order chi connectivity index (χ0) is 22.8. The van der Waals surface area contributed by atoms with Gasteiger partial charge in [0.1, 0.15) is 17.6 Å². The zero-order valence-corrected chi connectivity index (χ0v) is 18.3. The SMILES string of the molecule is Cn1cc(-n2ccc(=O)c(Cc3cccc(-c4ncc(N5CCCC(F)C5)cn4)c3)n2)cn1. The Labute approximate surface area is 190 Å². The number of aryl methyl sites for hydroxylation is 1.